The lowest BCUT2D eigenvalue weighted by molar-refractivity contribution is -0.111. The van der Waals surface area contributed by atoms with E-state index in [1.807, 2.05) is 0 Å². The number of aromatic nitrogens is 2. The van der Waals surface area contributed by atoms with E-state index in [4.69, 9.17) is 16.3 Å². The summed E-state index contributed by atoms with van der Waals surface area (Å²) in [7, 11) is 0.776. The van der Waals surface area contributed by atoms with Crippen LogP contribution in [0.5, 0.6) is 5.75 Å². The van der Waals surface area contributed by atoms with Crippen LogP contribution in [0.25, 0.3) is 10.9 Å². The number of anilines is 3. The van der Waals surface area contributed by atoms with E-state index in [0.717, 1.165) is 13.1 Å². The molecular formula is C23H23ClFN5O3S. The predicted octanol–water partition coefficient (Wildman–Crippen LogP) is 3.73. The summed E-state index contributed by atoms with van der Waals surface area (Å²) >= 11 is 5.88. The summed E-state index contributed by atoms with van der Waals surface area (Å²) in [6, 6.07) is 7.69. The number of halogens is 2. The van der Waals surface area contributed by atoms with Crippen molar-refractivity contribution in [3.8, 4) is 5.75 Å². The van der Waals surface area contributed by atoms with Crippen molar-refractivity contribution < 1.29 is 18.1 Å². The Labute approximate surface area is 203 Å². The zero-order chi connectivity index (χ0) is 24.1. The molecule has 0 radical (unpaired) electrons. The summed E-state index contributed by atoms with van der Waals surface area (Å²) in [6.07, 6.45) is 4.65. The van der Waals surface area contributed by atoms with Gasteiger partial charge in [-0.05, 0) is 24.3 Å². The second-order valence-electron chi connectivity index (χ2n) is 7.59. The summed E-state index contributed by atoms with van der Waals surface area (Å²) in [6.45, 7) is 2.12. The normalized spacial score (nSPS) is 15.0. The Morgan fingerprint density at radius 3 is 2.79 bits per heavy atom. The first kappa shape index (κ1) is 24.1. The van der Waals surface area contributed by atoms with Crippen LogP contribution in [0, 0.1) is 5.82 Å². The Kier molecular flexibility index (Phi) is 7.71. The van der Waals surface area contributed by atoms with Gasteiger partial charge < -0.3 is 15.4 Å². The summed E-state index contributed by atoms with van der Waals surface area (Å²) in [5.41, 5.74) is 1.60. The number of amides is 1. The van der Waals surface area contributed by atoms with Gasteiger partial charge in [0.25, 0.3) is 0 Å². The molecule has 0 saturated carbocycles. The van der Waals surface area contributed by atoms with Gasteiger partial charge in [-0.2, -0.15) is 0 Å². The lowest BCUT2D eigenvalue weighted by Gasteiger charge is -2.24. The molecule has 11 heteroatoms. The molecule has 4 rings (SSSR count). The minimum absolute atomic E-state index is 0.0115. The number of fused-ring (bicyclic) bond motifs is 1. The summed E-state index contributed by atoms with van der Waals surface area (Å²) in [4.78, 5) is 23.3. The third-order valence-electron chi connectivity index (χ3n) is 5.30. The first-order valence-corrected chi connectivity index (χ1v) is 12.4. The van der Waals surface area contributed by atoms with Crippen LogP contribution in [0.3, 0.4) is 0 Å². The highest BCUT2D eigenvalue weighted by molar-refractivity contribution is 7.85. The van der Waals surface area contributed by atoms with E-state index in [0.29, 0.717) is 51.9 Å². The summed E-state index contributed by atoms with van der Waals surface area (Å²) in [5, 5.41) is 6.56. The van der Waals surface area contributed by atoms with Gasteiger partial charge in [-0.15, -0.1) is 0 Å². The first-order chi connectivity index (χ1) is 16.4. The van der Waals surface area contributed by atoms with E-state index in [1.54, 1.807) is 24.3 Å². The molecule has 3 aromatic rings. The zero-order valence-electron chi connectivity index (χ0n) is 18.4. The van der Waals surface area contributed by atoms with Gasteiger partial charge in [-0.1, -0.05) is 17.7 Å². The van der Waals surface area contributed by atoms with E-state index in [9.17, 15) is 13.4 Å². The molecule has 1 amide bonds. The third-order valence-corrected chi connectivity index (χ3v) is 6.87. The molecule has 0 spiro atoms. The lowest BCUT2D eigenvalue weighted by atomic mass is 10.1. The van der Waals surface area contributed by atoms with Crippen LogP contribution in [0.4, 0.5) is 21.6 Å². The molecule has 2 N–H and O–H groups in total. The maximum absolute atomic E-state index is 13.5. The van der Waals surface area contributed by atoms with Crippen LogP contribution in [0.15, 0.2) is 48.8 Å². The molecule has 1 fully saturated rings. The number of hydrogen-bond donors (Lipinski definition) is 2. The maximum Gasteiger partial charge on any atom is 0.248 e. The molecule has 0 atom stereocenters. The average molecular weight is 504 g/mol. The van der Waals surface area contributed by atoms with E-state index < -0.39 is 16.6 Å². The molecule has 2 heterocycles. The number of carbonyl (C=O) groups is 1. The standard InChI is InChI=1S/C23H23ClFN5O3S/c1-33-21-13-19-16(23(27-14-26-19)28-15-4-5-18(25)17(24)11-15)12-20(21)29-22(31)3-2-6-30-7-9-34(32)10-8-30/h2-5,11-14H,6-10H2,1H3,(H,29,31)(H,26,27,28)/b3-2+. The van der Waals surface area contributed by atoms with E-state index in [-0.39, 0.29) is 10.9 Å². The van der Waals surface area contributed by atoms with Gasteiger partial charge in [0, 0.05) is 65.2 Å². The van der Waals surface area contributed by atoms with Gasteiger partial charge >= 0.3 is 0 Å². The molecule has 1 aromatic heterocycles. The highest BCUT2D eigenvalue weighted by Crippen LogP contribution is 2.33. The number of methoxy groups -OCH3 is 1. The topological polar surface area (TPSA) is 96.5 Å². The predicted molar refractivity (Wildman–Crippen MR) is 133 cm³/mol. The summed E-state index contributed by atoms with van der Waals surface area (Å²) in [5.74, 6) is 1.41. The van der Waals surface area contributed by atoms with Gasteiger partial charge in [-0.3, -0.25) is 13.9 Å². The SMILES string of the molecule is COc1cc2ncnc(Nc3ccc(F)c(Cl)c3)c2cc1NC(=O)/C=C/CN1CCS(=O)CC1. The molecule has 0 unspecified atom stereocenters. The lowest BCUT2D eigenvalue weighted by Crippen LogP contribution is -2.37. The molecule has 178 valence electrons. The number of ether oxygens (including phenoxy) is 1. The maximum atomic E-state index is 13.5. The van der Waals surface area contributed by atoms with E-state index >= 15 is 0 Å². The molecule has 34 heavy (non-hydrogen) atoms. The minimum Gasteiger partial charge on any atom is -0.494 e. The number of nitrogens with zero attached hydrogens (tertiary/aromatic N) is 3. The van der Waals surface area contributed by atoms with Gasteiger partial charge in [0.1, 0.15) is 23.7 Å². The molecule has 0 aliphatic carbocycles. The van der Waals surface area contributed by atoms with Gasteiger partial charge in [0.05, 0.1) is 23.3 Å². The minimum atomic E-state index is -0.732. The highest BCUT2D eigenvalue weighted by atomic mass is 35.5. The number of carbonyl (C=O) groups excluding carboxylic acids is 1. The first-order valence-electron chi connectivity index (χ1n) is 10.5. The second-order valence-corrected chi connectivity index (χ2v) is 9.69. The number of nitrogens with one attached hydrogen (secondary N) is 2. The highest BCUT2D eigenvalue weighted by Gasteiger charge is 2.15. The van der Waals surface area contributed by atoms with Crippen molar-refractivity contribution in [3.63, 3.8) is 0 Å². The Bertz CT molecular complexity index is 1260. The van der Waals surface area contributed by atoms with E-state index in [2.05, 4.69) is 25.5 Å². The van der Waals surface area contributed by atoms with Gasteiger partial charge in [-0.25, -0.2) is 14.4 Å². The smallest absolute Gasteiger partial charge is 0.248 e. The van der Waals surface area contributed by atoms with Crippen molar-refractivity contribution in [3.05, 3.63) is 59.7 Å². The van der Waals surface area contributed by atoms with E-state index in [1.165, 1.54) is 31.6 Å². The fourth-order valence-corrected chi connectivity index (χ4v) is 4.81. The van der Waals surface area contributed by atoms with Crippen LogP contribution >= 0.6 is 11.6 Å². The average Bonchev–Trinajstić information content (AvgIpc) is 2.82. The Morgan fingerprint density at radius 2 is 2.06 bits per heavy atom. The van der Waals surface area contributed by atoms with Crippen molar-refractivity contribution in [1.29, 1.82) is 0 Å². The monoisotopic (exact) mass is 503 g/mol. The molecular weight excluding hydrogens is 481 g/mol. The van der Waals surface area contributed by atoms with Crippen molar-refractivity contribution in [2.75, 3.05) is 48.9 Å². The van der Waals surface area contributed by atoms with Crippen LogP contribution in [-0.4, -0.2) is 63.2 Å². The molecule has 8 nitrogen and oxygen atoms in total. The van der Waals surface area contributed by atoms with Crippen molar-refractivity contribution >= 4 is 56.4 Å². The molecule has 1 aliphatic rings. The Balaban J connectivity index is 1.52. The largest absolute Gasteiger partial charge is 0.494 e. The molecule has 0 bridgehead atoms. The summed E-state index contributed by atoms with van der Waals surface area (Å²) < 4.78 is 30.4. The fraction of sp³-hybridized carbons (Fsp3) is 0.261. The third kappa shape index (κ3) is 5.88. The molecule has 1 aliphatic heterocycles. The molecule has 1 saturated heterocycles. The van der Waals surface area contributed by atoms with Crippen molar-refractivity contribution in [2.24, 2.45) is 0 Å². The second kappa shape index (κ2) is 10.9. The van der Waals surface area contributed by atoms with Crippen LogP contribution in [-0.2, 0) is 15.6 Å². The van der Waals surface area contributed by atoms with Crippen LogP contribution < -0.4 is 15.4 Å². The number of hydrogen-bond acceptors (Lipinski definition) is 7. The Hall–Kier alpha value is -3.08. The van der Waals surface area contributed by atoms with Crippen LogP contribution in [0.2, 0.25) is 5.02 Å². The number of rotatable bonds is 7. The molecule has 2 aromatic carbocycles. The van der Waals surface area contributed by atoms with Crippen LogP contribution in [0.1, 0.15) is 0 Å². The number of benzene rings is 2. The van der Waals surface area contributed by atoms with Gasteiger partial charge in [0.15, 0.2) is 0 Å². The van der Waals surface area contributed by atoms with Crippen molar-refractivity contribution in [2.45, 2.75) is 0 Å². The Morgan fingerprint density at radius 1 is 1.26 bits per heavy atom. The fourth-order valence-electron chi connectivity index (χ4n) is 3.50. The quantitative estimate of drug-likeness (QED) is 0.474. The zero-order valence-corrected chi connectivity index (χ0v) is 20.0. The van der Waals surface area contributed by atoms with Gasteiger partial charge in [0.2, 0.25) is 5.91 Å². The van der Waals surface area contributed by atoms with Crippen molar-refractivity contribution in [1.82, 2.24) is 14.9 Å².